The molecule has 0 aliphatic carbocycles. The summed E-state index contributed by atoms with van der Waals surface area (Å²) >= 11 is 0. The van der Waals surface area contributed by atoms with E-state index >= 15 is 0 Å². The fraction of sp³-hybridized carbons (Fsp3) is 0.562. The summed E-state index contributed by atoms with van der Waals surface area (Å²) in [5, 5.41) is 3.11. The van der Waals surface area contributed by atoms with Gasteiger partial charge in [-0.1, -0.05) is 12.1 Å². The Bertz CT molecular complexity index is 458. The minimum Gasteiger partial charge on any atom is -0.382 e. The van der Waals surface area contributed by atoms with Crippen LogP contribution in [0, 0.1) is 6.92 Å². The zero-order chi connectivity index (χ0) is 15.7. The number of hydrogen-bond donors (Lipinski definition) is 2. The van der Waals surface area contributed by atoms with Crippen molar-refractivity contribution in [3.8, 4) is 0 Å². The maximum absolute atomic E-state index is 5.88. The standard InChI is InChI=1S/C16H28N4O/c1-5-21-10-6-9-18-16(17)19-12-14-8-7-13(2)11-15(14)20(3)4/h7-8,11H,5-6,9-10,12H2,1-4H3,(H3,17,18,19). The molecule has 1 aromatic rings. The van der Waals surface area contributed by atoms with Crippen LogP contribution < -0.4 is 16.0 Å². The molecule has 118 valence electrons. The minimum absolute atomic E-state index is 0.483. The van der Waals surface area contributed by atoms with Crippen molar-refractivity contribution in [1.82, 2.24) is 5.32 Å². The van der Waals surface area contributed by atoms with Gasteiger partial charge in [-0.25, -0.2) is 4.99 Å². The molecule has 0 amide bonds. The molecule has 0 radical (unpaired) electrons. The Balaban J connectivity index is 2.51. The van der Waals surface area contributed by atoms with Crippen molar-refractivity contribution in [2.75, 3.05) is 38.8 Å². The summed E-state index contributed by atoms with van der Waals surface area (Å²) in [7, 11) is 4.08. The monoisotopic (exact) mass is 292 g/mol. The molecular formula is C16H28N4O. The highest BCUT2D eigenvalue weighted by Gasteiger charge is 2.04. The normalized spacial score (nSPS) is 11.5. The highest BCUT2D eigenvalue weighted by molar-refractivity contribution is 5.77. The molecule has 0 saturated heterocycles. The third-order valence-electron chi connectivity index (χ3n) is 3.12. The van der Waals surface area contributed by atoms with E-state index in [0.29, 0.717) is 12.5 Å². The zero-order valence-corrected chi connectivity index (χ0v) is 13.6. The molecule has 0 saturated carbocycles. The van der Waals surface area contributed by atoms with Crippen LogP contribution in [0.25, 0.3) is 0 Å². The number of hydrogen-bond acceptors (Lipinski definition) is 3. The fourth-order valence-corrected chi connectivity index (χ4v) is 1.99. The van der Waals surface area contributed by atoms with Crippen molar-refractivity contribution in [2.24, 2.45) is 10.7 Å². The van der Waals surface area contributed by atoms with E-state index in [0.717, 1.165) is 26.2 Å². The summed E-state index contributed by atoms with van der Waals surface area (Å²) in [5.74, 6) is 0.483. The van der Waals surface area contributed by atoms with Gasteiger partial charge in [0.05, 0.1) is 6.54 Å². The average Bonchev–Trinajstić information content (AvgIpc) is 2.45. The predicted molar refractivity (Wildman–Crippen MR) is 89.9 cm³/mol. The topological polar surface area (TPSA) is 62.9 Å². The van der Waals surface area contributed by atoms with Gasteiger partial charge in [-0.3, -0.25) is 0 Å². The van der Waals surface area contributed by atoms with E-state index < -0.39 is 0 Å². The molecule has 0 unspecified atom stereocenters. The van der Waals surface area contributed by atoms with Crippen molar-refractivity contribution >= 4 is 11.6 Å². The van der Waals surface area contributed by atoms with Gasteiger partial charge in [-0.2, -0.15) is 0 Å². The van der Waals surface area contributed by atoms with E-state index in [1.165, 1.54) is 16.8 Å². The summed E-state index contributed by atoms with van der Waals surface area (Å²) in [5.41, 5.74) is 9.47. The predicted octanol–water partition coefficient (Wildman–Crippen LogP) is 1.89. The smallest absolute Gasteiger partial charge is 0.188 e. The first kappa shape index (κ1) is 17.3. The van der Waals surface area contributed by atoms with E-state index in [2.05, 4.69) is 40.3 Å². The maximum atomic E-state index is 5.88. The Kier molecular flexibility index (Phi) is 7.61. The molecule has 0 bridgehead atoms. The van der Waals surface area contributed by atoms with Gasteiger partial charge >= 0.3 is 0 Å². The van der Waals surface area contributed by atoms with Crippen LogP contribution in [0.1, 0.15) is 24.5 Å². The van der Waals surface area contributed by atoms with Crippen LogP contribution in [0.3, 0.4) is 0 Å². The molecule has 0 aromatic heterocycles. The van der Waals surface area contributed by atoms with Crippen molar-refractivity contribution in [3.63, 3.8) is 0 Å². The first-order valence-electron chi connectivity index (χ1n) is 7.43. The lowest BCUT2D eigenvalue weighted by Gasteiger charge is -2.17. The van der Waals surface area contributed by atoms with Crippen LogP contribution >= 0.6 is 0 Å². The number of nitrogens with zero attached hydrogens (tertiary/aromatic N) is 2. The van der Waals surface area contributed by atoms with Crippen LogP contribution in [0.15, 0.2) is 23.2 Å². The highest BCUT2D eigenvalue weighted by Crippen LogP contribution is 2.20. The number of aliphatic imine (C=N–C) groups is 1. The second-order valence-corrected chi connectivity index (χ2v) is 5.21. The zero-order valence-electron chi connectivity index (χ0n) is 13.6. The van der Waals surface area contributed by atoms with Gasteiger partial charge in [0, 0.05) is 39.5 Å². The number of nitrogens with two attached hydrogens (primary N) is 1. The van der Waals surface area contributed by atoms with Gasteiger partial charge in [-0.05, 0) is 37.5 Å². The molecule has 0 heterocycles. The van der Waals surface area contributed by atoms with Crippen LogP contribution in [0.5, 0.6) is 0 Å². The molecule has 0 aliphatic rings. The lowest BCUT2D eigenvalue weighted by molar-refractivity contribution is 0.145. The Hall–Kier alpha value is -1.75. The quantitative estimate of drug-likeness (QED) is 0.436. The number of rotatable bonds is 8. The average molecular weight is 292 g/mol. The van der Waals surface area contributed by atoms with E-state index in [1.54, 1.807) is 0 Å². The molecule has 1 rings (SSSR count). The number of anilines is 1. The third kappa shape index (κ3) is 6.49. The van der Waals surface area contributed by atoms with Crippen LogP contribution in [-0.2, 0) is 11.3 Å². The van der Waals surface area contributed by atoms with Crippen molar-refractivity contribution < 1.29 is 4.74 Å². The summed E-state index contributed by atoms with van der Waals surface area (Å²) in [6.07, 6.45) is 0.928. The lowest BCUT2D eigenvalue weighted by atomic mass is 10.1. The first-order valence-corrected chi connectivity index (χ1v) is 7.43. The van der Waals surface area contributed by atoms with Gasteiger partial charge in [0.15, 0.2) is 5.96 Å². The molecule has 0 atom stereocenters. The van der Waals surface area contributed by atoms with E-state index in [4.69, 9.17) is 10.5 Å². The molecule has 21 heavy (non-hydrogen) atoms. The molecule has 0 fully saturated rings. The summed E-state index contributed by atoms with van der Waals surface area (Å²) in [4.78, 5) is 6.50. The number of aryl methyl sites for hydroxylation is 1. The summed E-state index contributed by atoms with van der Waals surface area (Å²) in [6, 6.07) is 6.37. The van der Waals surface area contributed by atoms with E-state index in [9.17, 15) is 0 Å². The van der Waals surface area contributed by atoms with E-state index in [-0.39, 0.29) is 0 Å². The molecule has 3 N–H and O–H groups in total. The number of ether oxygens (including phenoxy) is 1. The Morgan fingerprint density at radius 3 is 2.81 bits per heavy atom. The fourth-order valence-electron chi connectivity index (χ4n) is 1.99. The van der Waals surface area contributed by atoms with Crippen molar-refractivity contribution in [1.29, 1.82) is 0 Å². The van der Waals surface area contributed by atoms with Gasteiger partial charge < -0.3 is 20.7 Å². The maximum Gasteiger partial charge on any atom is 0.188 e. The number of nitrogens with one attached hydrogen (secondary N) is 1. The van der Waals surface area contributed by atoms with E-state index in [1.807, 2.05) is 21.0 Å². The molecule has 0 spiro atoms. The van der Waals surface area contributed by atoms with Crippen molar-refractivity contribution in [3.05, 3.63) is 29.3 Å². The third-order valence-corrected chi connectivity index (χ3v) is 3.12. The van der Waals surface area contributed by atoms with Gasteiger partial charge in [-0.15, -0.1) is 0 Å². The molecule has 5 heteroatoms. The summed E-state index contributed by atoms with van der Waals surface area (Å²) < 4.78 is 5.27. The van der Waals surface area contributed by atoms with Gasteiger partial charge in [0.2, 0.25) is 0 Å². The largest absolute Gasteiger partial charge is 0.382 e. The Morgan fingerprint density at radius 1 is 1.38 bits per heavy atom. The SMILES string of the molecule is CCOCCCNC(N)=NCc1ccc(C)cc1N(C)C. The Labute approximate surface area is 128 Å². The number of benzene rings is 1. The number of guanidine groups is 1. The highest BCUT2D eigenvalue weighted by atomic mass is 16.5. The minimum atomic E-state index is 0.483. The summed E-state index contributed by atoms with van der Waals surface area (Å²) in [6.45, 7) is 6.95. The lowest BCUT2D eigenvalue weighted by Crippen LogP contribution is -2.32. The molecule has 0 aliphatic heterocycles. The van der Waals surface area contributed by atoms with Crippen LogP contribution in [-0.4, -0.2) is 39.8 Å². The van der Waals surface area contributed by atoms with Gasteiger partial charge in [0.1, 0.15) is 0 Å². The second-order valence-electron chi connectivity index (χ2n) is 5.21. The van der Waals surface area contributed by atoms with Gasteiger partial charge in [0.25, 0.3) is 0 Å². The molecular weight excluding hydrogens is 264 g/mol. The second kappa shape index (κ2) is 9.23. The molecule has 1 aromatic carbocycles. The van der Waals surface area contributed by atoms with Crippen LogP contribution in [0.2, 0.25) is 0 Å². The molecule has 5 nitrogen and oxygen atoms in total. The van der Waals surface area contributed by atoms with Crippen molar-refractivity contribution in [2.45, 2.75) is 26.8 Å². The Morgan fingerprint density at radius 2 is 2.14 bits per heavy atom. The van der Waals surface area contributed by atoms with Crippen LogP contribution in [0.4, 0.5) is 5.69 Å². The first-order chi connectivity index (χ1) is 10.0.